The minimum atomic E-state index is -3.28. The fourth-order valence-electron chi connectivity index (χ4n) is 2.93. The lowest BCUT2D eigenvalue weighted by Crippen LogP contribution is -2.28. The Hall–Kier alpha value is -0.430. The van der Waals surface area contributed by atoms with Crippen molar-refractivity contribution in [3.05, 3.63) is 16.3 Å². The maximum Gasteiger partial charge on any atom is 0.243 e. The van der Waals surface area contributed by atoms with Gasteiger partial charge in [0.2, 0.25) is 10.0 Å². The molecule has 1 aromatic heterocycles. The molecule has 0 amide bonds. The number of hydrogen-bond acceptors (Lipinski definition) is 4. The van der Waals surface area contributed by atoms with E-state index in [0.29, 0.717) is 29.9 Å². The summed E-state index contributed by atoms with van der Waals surface area (Å²) in [6, 6.07) is 2.50. The van der Waals surface area contributed by atoms with Crippen molar-refractivity contribution in [3.63, 3.8) is 0 Å². The number of nitrogens with zero attached hydrogens (tertiary/aromatic N) is 1. The van der Waals surface area contributed by atoms with Crippen molar-refractivity contribution in [2.75, 3.05) is 13.1 Å². The summed E-state index contributed by atoms with van der Waals surface area (Å²) in [7, 11) is -3.28. The molecule has 1 aromatic rings. The van der Waals surface area contributed by atoms with Crippen LogP contribution in [0.4, 0.5) is 0 Å². The predicted molar refractivity (Wildman–Crippen MR) is 86.0 cm³/mol. The Morgan fingerprint density at radius 3 is 2.90 bits per heavy atom. The zero-order valence-corrected chi connectivity index (χ0v) is 14.2. The minimum absolute atomic E-state index is 0.484. The van der Waals surface area contributed by atoms with Crippen LogP contribution in [0.1, 0.15) is 43.9 Å². The second-order valence-corrected chi connectivity index (χ2v) is 9.14. The van der Waals surface area contributed by atoms with E-state index in [1.54, 1.807) is 21.0 Å². The van der Waals surface area contributed by atoms with Crippen LogP contribution in [0.15, 0.2) is 16.3 Å². The molecule has 3 rings (SSSR count). The molecule has 21 heavy (non-hydrogen) atoms. The first-order valence-electron chi connectivity index (χ1n) is 7.90. The zero-order valence-electron chi connectivity index (χ0n) is 12.5. The average molecular weight is 329 g/mol. The molecule has 1 saturated heterocycles. The van der Waals surface area contributed by atoms with Gasteiger partial charge in [-0.25, -0.2) is 8.42 Å². The summed E-state index contributed by atoms with van der Waals surface area (Å²) in [5.41, 5.74) is 0. The van der Waals surface area contributed by atoms with Crippen LogP contribution in [-0.2, 0) is 16.6 Å². The van der Waals surface area contributed by atoms with Gasteiger partial charge in [-0.05, 0) is 37.7 Å². The lowest BCUT2D eigenvalue weighted by atomic mass is 10.0. The number of nitrogens with one attached hydrogen (secondary N) is 1. The van der Waals surface area contributed by atoms with Crippen LogP contribution in [0.2, 0.25) is 0 Å². The third-order valence-corrected chi connectivity index (χ3v) is 7.28. The van der Waals surface area contributed by atoms with Crippen LogP contribution in [0.5, 0.6) is 0 Å². The predicted octanol–water partition coefficient (Wildman–Crippen LogP) is 2.81. The average Bonchev–Trinajstić information content (AvgIpc) is 2.97. The number of thiophene rings is 1. The summed E-state index contributed by atoms with van der Waals surface area (Å²) in [4.78, 5) is 1.60. The Labute approximate surface area is 131 Å². The molecule has 1 N–H and O–H groups in total. The number of sulfonamides is 1. The first-order chi connectivity index (χ1) is 10.1. The highest BCUT2D eigenvalue weighted by Crippen LogP contribution is 2.29. The van der Waals surface area contributed by atoms with E-state index in [9.17, 15) is 8.42 Å². The van der Waals surface area contributed by atoms with Gasteiger partial charge in [0.05, 0.1) is 4.90 Å². The first kappa shape index (κ1) is 15.5. The highest BCUT2D eigenvalue weighted by atomic mass is 32.2. The van der Waals surface area contributed by atoms with E-state index < -0.39 is 10.0 Å². The van der Waals surface area contributed by atoms with Crippen molar-refractivity contribution in [3.8, 4) is 0 Å². The molecule has 1 unspecified atom stereocenters. The standard InChI is InChI=1S/C15H24N2O2S2/c1-2-3-12-6-7-17(10-12)21(18,19)15-8-14(20-11-15)9-16-13-4-5-13/h8,11-13,16H,2-7,9-10H2,1H3. The van der Waals surface area contributed by atoms with Crippen molar-refractivity contribution in [1.82, 2.24) is 9.62 Å². The summed E-state index contributed by atoms with van der Waals surface area (Å²) >= 11 is 1.55. The Bertz CT molecular complexity index is 578. The van der Waals surface area contributed by atoms with Gasteiger partial charge in [0.25, 0.3) is 0 Å². The smallest absolute Gasteiger partial charge is 0.243 e. The normalized spacial score (nSPS) is 23.8. The molecule has 1 atom stereocenters. The van der Waals surface area contributed by atoms with Crippen LogP contribution >= 0.6 is 11.3 Å². The lowest BCUT2D eigenvalue weighted by molar-refractivity contribution is 0.445. The molecule has 118 valence electrons. The van der Waals surface area contributed by atoms with Gasteiger partial charge in [-0.15, -0.1) is 11.3 Å². The molecule has 2 aliphatic rings. The molecule has 0 spiro atoms. The van der Waals surface area contributed by atoms with E-state index in [0.717, 1.165) is 30.7 Å². The Morgan fingerprint density at radius 2 is 2.19 bits per heavy atom. The lowest BCUT2D eigenvalue weighted by Gasteiger charge is -2.15. The summed E-state index contributed by atoms with van der Waals surface area (Å²) in [6.07, 6.45) is 5.78. The Balaban J connectivity index is 1.64. The van der Waals surface area contributed by atoms with Crippen LogP contribution in [0.3, 0.4) is 0 Å². The third-order valence-electron chi connectivity index (χ3n) is 4.36. The van der Waals surface area contributed by atoms with Gasteiger partial charge in [-0.1, -0.05) is 13.3 Å². The van der Waals surface area contributed by atoms with E-state index >= 15 is 0 Å². The molecule has 0 bridgehead atoms. The molecule has 1 saturated carbocycles. The molecular weight excluding hydrogens is 304 g/mol. The maximum atomic E-state index is 12.7. The van der Waals surface area contributed by atoms with Gasteiger partial charge in [-0.3, -0.25) is 0 Å². The highest BCUT2D eigenvalue weighted by molar-refractivity contribution is 7.89. The van der Waals surface area contributed by atoms with Gasteiger partial charge in [-0.2, -0.15) is 4.31 Å². The molecule has 0 radical (unpaired) electrons. The molecule has 2 heterocycles. The quantitative estimate of drug-likeness (QED) is 0.837. The fourth-order valence-corrected chi connectivity index (χ4v) is 5.67. The molecule has 1 aliphatic heterocycles. The molecular formula is C15H24N2O2S2. The van der Waals surface area contributed by atoms with Crippen LogP contribution < -0.4 is 5.32 Å². The van der Waals surface area contributed by atoms with Crippen molar-refractivity contribution in [1.29, 1.82) is 0 Å². The molecule has 0 aromatic carbocycles. The zero-order chi connectivity index (χ0) is 14.9. The van der Waals surface area contributed by atoms with Crippen LogP contribution in [0.25, 0.3) is 0 Å². The van der Waals surface area contributed by atoms with Gasteiger partial charge >= 0.3 is 0 Å². The molecule has 2 fully saturated rings. The van der Waals surface area contributed by atoms with Gasteiger partial charge < -0.3 is 5.32 Å². The van der Waals surface area contributed by atoms with Crippen LogP contribution in [0, 0.1) is 5.92 Å². The molecule has 1 aliphatic carbocycles. The van der Waals surface area contributed by atoms with E-state index in [-0.39, 0.29) is 0 Å². The topological polar surface area (TPSA) is 49.4 Å². The van der Waals surface area contributed by atoms with E-state index in [1.165, 1.54) is 12.8 Å². The SMILES string of the molecule is CCCC1CCN(S(=O)(=O)c2csc(CNC3CC3)c2)C1. The van der Waals surface area contributed by atoms with Crippen LogP contribution in [-0.4, -0.2) is 31.9 Å². The second kappa shape index (κ2) is 6.36. The van der Waals surface area contributed by atoms with E-state index in [1.807, 2.05) is 6.07 Å². The second-order valence-electron chi connectivity index (χ2n) is 6.21. The summed E-state index contributed by atoms with van der Waals surface area (Å²) in [6.45, 7) is 4.33. The number of rotatable bonds is 7. The largest absolute Gasteiger partial charge is 0.309 e. The van der Waals surface area contributed by atoms with Crippen molar-refractivity contribution >= 4 is 21.4 Å². The Morgan fingerprint density at radius 1 is 1.38 bits per heavy atom. The van der Waals surface area contributed by atoms with Gasteiger partial charge in [0.1, 0.15) is 0 Å². The summed E-state index contributed by atoms with van der Waals surface area (Å²) < 4.78 is 27.0. The third kappa shape index (κ3) is 3.67. The van der Waals surface area contributed by atoms with Gasteiger partial charge in [0, 0.05) is 35.9 Å². The summed E-state index contributed by atoms with van der Waals surface area (Å²) in [5.74, 6) is 0.541. The molecule has 6 heteroatoms. The van der Waals surface area contributed by atoms with Crippen molar-refractivity contribution < 1.29 is 8.42 Å². The monoisotopic (exact) mass is 328 g/mol. The van der Waals surface area contributed by atoms with Gasteiger partial charge in [0.15, 0.2) is 0 Å². The highest BCUT2D eigenvalue weighted by Gasteiger charge is 2.32. The fraction of sp³-hybridized carbons (Fsp3) is 0.733. The minimum Gasteiger partial charge on any atom is -0.309 e. The van der Waals surface area contributed by atoms with Crippen molar-refractivity contribution in [2.24, 2.45) is 5.92 Å². The number of hydrogen-bond donors (Lipinski definition) is 1. The molecule has 4 nitrogen and oxygen atoms in total. The Kier molecular flexibility index (Phi) is 4.69. The van der Waals surface area contributed by atoms with E-state index in [4.69, 9.17) is 0 Å². The van der Waals surface area contributed by atoms with Crippen molar-refractivity contribution in [2.45, 2.75) is 56.5 Å². The first-order valence-corrected chi connectivity index (χ1v) is 10.2. The maximum absolute atomic E-state index is 12.7. The van der Waals surface area contributed by atoms with E-state index in [2.05, 4.69) is 12.2 Å². The summed E-state index contributed by atoms with van der Waals surface area (Å²) in [5, 5.41) is 5.23.